The van der Waals surface area contributed by atoms with Crippen LogP contribution in [0.5, 0.6) is 11.5 Å². The van der Waals surface area contributed by atoms with Gasteiger partial charge >= 0.3 is 0 Å². The van der Waals surface area contributed by atoms with Gasteiger partial charge in [-0.05, 0) is 24.3 Å². The van der Waals surface area contributed by atoms with Crippen molar-refractivity contribution in [3.05, 3.63) is 54.5 Å². The standard InChI is InChI=1S/C17H18N6O2/c1-24-13-6-7-14(15(9-13)25-2)21-16-11-20-23-17(22-16)19-10-12-5-3-4-8-18-12/h3-9,11H,10H2,1-2H3,(H2,19,21,22,23). The second kappa shape index (κ2) is 7.91. The van der Waals surface area contributed by atoms with Gasteiger partial charge in [-0.1, -0.05) is 6.07 Å². The Kier molecular flexibility index (Phi) is 5.20. The van der Waals surface area contributed by atoms with Gasteiger partial charge in [-0.15, -0.1) is 5.10 Å². The van der Waals surface area contributed by atoms with Gasteiger partial charge in [-0.3, -0.25) is 4.98 Å². The summed E-state index contributed by atoms with van der Waals surface area (Å²) in [5.41, 5.74) is 1.64. The first-order valence-electron chi connectivity index (χ1n) is 7.61. The summed E-state index contributed by atoms with van der Waals surface area (Å²) in [4.78, 5) is 8.63. The van der Waals surface area contributed by atoms with Crippen molar-refractivity contribution in [1.29, 1.82) is 0 Å². The minimum absolute atomic E-state index is 0.406. The lowest BCUT2D eigenvalue weighted by atomic mass is 10.2. The first-order valence-corrected chi connectivity index (χ1v) is 7.61. The molecule has 0 aliphatic carbocycles. The smallest absolute Gasteiger partial charge is 0.245 e. The molecule has 0 aliphatic rings. The lowest BCUT2D eigenvalue weighted by Gasteiger charge is -2.12. The van der Waals surface area contributed by atoms with Gasteiger partial charge in [-0.2, -0.15) is 10.1 Å². The maximum Gasteiger partial charge on any atom is 0.245 e. The van der Waals surface area contributed by atoms with Crippen LogP contribution in [0.25, 0.3) is 0 Å². The Labute approximate surface area is 145 Å². The van der Waals surface area contributed by atoms with Crippen LogP contribution in [0, 0.1) is 0 Å². The molecule has 0 saturated carbocycles. The van der Waals surface area contributed by atoms with Crippen LogP contribution in [0.2, 0.25) is 0 Å². The van der Waals surface area contributed by atoms with Crippen LogP contribution in [0.1, 0.15) is 5.69 Å². The van der Waals surface area contributed by atoms with E-state index in [4.69, 9.17) is 9.47 Å². The molecule has 0 saturated heterocycles. The van der Waals surface area contributed by atoms with E-state index in [1.165, 1.54) is 6.20 Å². The fourth-order valence-electron chi connectivity index (χ4n) is 2.15. The molecule has 0 unspecified atom stereocenters. The summed E-state index contributed by atoms with van der Waals surface area (Å²) in [7, 11) is 3.20. The minimum atomic E-state index is 0.406. The largest absolute Gasteiger partial charge is 0.497 e. The van der Waals surface area contributed by atoms with Crippen LogP contribution < -0.4 is 20.1 Å². The lowest BCUT2D eigenvalue weighted by molar-refractivity contribution is 0.395. The number of benzene rings is 1. The van der Waals surface area contributed by atoms with Crippen molar-refractivity contribution in [2.24, 2.45) is 0 Å². The maximum absolute atomic E-state index is 5.37. The molecule has 2 N–H and O–H groups in total. The van der Waals surface area contributed by atoms with Crippen LogP contribution in [0.4, 0.5) is 17.5 Å². The molecule has 0 amide bonds. The Hall–Kier alpha value is -3.42. The van der Waals surface area contributed by atoms with E-state index in [-0.39, 0.29) is 0 Å². The first-order chi connectivity index (χ1) is 12.3. The Morgan fingerprint density at radius 3 is 2.76 bits per heavy atom. The highest BCUT2D eigenvalue weighted by atomic mass is 16.5. The SMILES string of the molecule is COc1ccc(Nc2cnnc(NCc3ccccn3)n2)c(OC)c1. The molecular formula is C17H18N6O2. The summed E-state index contributed by atoms with van der Waals surface area (Å²) in [6, 6.07) is 11.2. The van der Waals surface area contributed by atoms with Crippen molar-refractivity contribution in [3.8, 4) is 11.5 Å². The zero-order valence-corrected chi connectivity index (χ0v) is 13.9. The average molecular weight is 338 g/mol. The number of hydrogen-bond acceptors (Lipinski definition) is 8. The summed E-state index contributed by atoms with van der Waals surface area (Å²) in [5, 5.41) is 14.2. The van der Waals surface area contributed by atoms with Crippen molar-refractivity contribution >= 4 is 17.5 Å². The Morgan fingerprint density at radius 1 is 1.08 bits per heavy atom. The number of aromatic nitrogens is 4. The summed E-state index contributed by atoms with van der Waals surface area (Å²) < 4.78 is 10.6. The predicted molar refractivity (Wildman–Crippen MR) is 94.2 cm³/mol. The van der Waals surface area contributed by atoms with E-state index >= 15 is 0 Å². The number of hydrogen-bond donors (Lipinski definition) is 2. The molecule has 0 aliphatic heterocycles. The van der Waals surface area contributed by atoms with E-state index in [1.807, 2.05) is 30.3 Å². The molecule has 0 atom stereocenters. The third-order valence-corrected chi connectivity index (χ3v) is 3.38. The van der Waals surface area contributed by atoms with E-state index < -0.39 is 0 Å². The number of rotatable bonds is 7. The van der Waals surface area contributed by atoms with Gasteiger partial charge < -0.3 is 20.1 Å². The number of pyridine rings is 1. The molecule has 0 bridgehead atoms. The molecule has 3 rings (SSSR count). The maximum atomic E-state index is 5.37. The summed E-state index contributed by atoms with van der Waals surface area (Å²) in [6.45, 7) is 0.512. The van der Waals surface area contributed by atoms with Gasteiger partial charge in [0.1, 0.15) is 11.5 Å². The molecule has 2 heterocycles. The topological polar surface area (TPSA) is 94.1 Å². The second-order valence-corrected chi connectivity index (χ2v) is 5.03. The third kappa shape index (κ3) is 4.31. The summed E-state index contributed by atoms with van der Waals surface area (Å²) in [5.74, 6) is 2.30. The zero-order valence-electron chi connectivity index (χ0n) is 13.9. The van der Waals surface area contributed by atoms with Crippen LogP contribution in [0.15, 0.2) is 48.8 Å². The van der Waals surface area contributed by atoms with Gasteiger partial charge in [0.2, 0.25) is 5.95 Å². The summed E-state index contributed by atoms with van der Waals surface area (Å²) >= 11 is 0. The minimum Gasteiger partial charge on any atom is -0.497 e. The van der Waals surface area contributed by atoms with Gasteiger partial charge in [0.15, 0.2) is 5.82 Å². The van der Waals surface area contributed by atoms with E-state index in [1.54, 1.807) is 26.5 Å². The average Bonchev–Trinajstić information content (AvgIpc) is 2.68. The van der Waals surface area contributed by atoms with Crippen molar-refractivity contribution in [1.82, 2.24) is 20.2 Å². The molecule has 8 heteroatoms. The van der Waals surface area contributed by atoms with Gasteiger partial charge in [0.25, 0.3) is 0 Å². The quantitative estimate of drug-likeness (QED) is 0.679. The van der Waals surface area contributed by atoms with E-state index in [9.17, 15) is 0 Å². The van der Waals surface area contributed by atoms with Gasteiger partial charge in [-0.25, -0.2) is 0 Å². The molecule has 0 spiro atoms. The molecule has 8 nitrogen and oxygen atoms in total. The van der Waals surface area contributed by atoms with Crippen molar-refractivity contribution < 1.29 is 9.47 Å². The van der Waals surface area contributed by atoms with E-state index in [0.717, 1.165) is 11.4 Å². The molecule has 128 valence electrons. The number of anilines is 3. The highest BCUT2D eigenvalue weighted by Crippen LogP contribution is 2.30. The number of nitrogens with zero attached hydrogens (tertiary/aromatic N) is 4. The molecule has 0 radical (unpaired) electrons. The Morgan fingerprint density at radius 2 is 2.00 bits per heavy atom. The molecule has 1 aromatic carbocycles. The first kappa shape index (κ1) is 16.4. The Bertz CT molecular complexity index is 828. The third-order valence-electron chi connectivity index (χ3n) is 3.38. The van der Waals surface area contributed by atoms with Crippen LogP contribution in [-0.4, -0.2) is 34.4 Å². The monoisotopic (exact) mass is 338 g/mol. The fourth-order valence-corrected chi connectivity index (χ4v) is 2.15. The molecule has 2 aromatic heterocycles. The number of ether oxygens (including phenoxy) is 2. The predicted octanol–water partition coefficient (Wildman–Crippen LogP) is 2.64. The zero-order chi connectivity index (χ0) is 17.5. The van der Waals surface area contributed by atoms with Crippen LogP contribution in [0.3, 0.4) is 0 Å². The Balaban J connectivity index is 1.71. The van der Waals surface area contributed by atoms with Crippen LogP contribution in [-0.2, 0) is 6.54 Å². The highest BCUT2D eigenvalue weighted by molar-refractivity contribution is 5.65. The molecular weight excluding hydrogens is 320 g/mol. The fraction of sp³-hybridized carbons (Fsp3) is 0.176. The number of methoxy groups -OCH3 is 2. The highest BCUT2D eigenvalue weighted by Gasteiger charge is 2.07. The molecule has 0 fully saturated rings. The summed E-state index contributed by atoms with van der Waals surface area (Å²) in [6.07, 6.45) is 3.28. The van der Waals surface area contributed by atoms with Gasteiger partial charge in [0, 0.05) is 12.3 Å². The van der Waals surface area contributed by atoms with Crippen molar-refractivity contribution in [2.45, 2.75) is 6.54 Å². The van der Waals surface area contributed by atoms with Crippen LogP contribution >= 0.6 is 0 Å². The van der Waals surface area contributed by atoms with Gasteiger partial charge in [0.05, 0.1) is 38.3 Å². The number of nitrogens with one attached hydrogen (secondary N) is 2. The van der Waals surface area contributed by atoms with Crippen molar-refractivity contribution in [2.75, 3.05) is 24.9 Å². The normalized spacial score (nSPS) is 10.2. The molecule has 25 heavy (non-hydrogen) atoms. The molecule has 3 aromatic rings. The lowest BCUT2D eigenvalue weighted by Crippen LogP contribution is -2.07. The van der Waals surface area contributed by atoms with Crippen molar-refractivity contribution in [3.63, 3.8) is 0 Å². The van der Waals surface area contributed by atoms with E-state index in [0.29, 0.717) is 29.8 Å². The second-order valence-electron chi connectivity index (χ2n) is 5.03. The van der Waals surface area contributed by atoms with E-state index in [2.05, 4.69) is 30.8 Å².